The number of hydrogen-bond donors (Lipinski definition) is 0. The molecule has 3 amide bonds. The van der Waals surface area contributed by atoms with Crippen molar-refractivity contribution in [3.8, 4) is 5.75 Å². The maximum Gasteiger partial charge on any atom is 0.239 e. The van der Waals surface area contributed by atoms with Crippen molar-refractivity contribution in [1.29, 1.82) is 0 Å². The summed E-state index contributed by atoms with van der Waals surface area (Å²) in [6.07, 6.45) is 3.75. The highest BCUT2D eigenvalue weighted by Crippen LogP contribution is 2.38. The second kappa shape index (κ2) is 10.7. The van der Waals surface area contributed by atoms with Gasteiger partial charge >= 0.3 is 0 Å². The van der Waals surface area contributed by atoms with Crippen LogP contribution >= 0.6 is 12.4 Å². The number of piperazine rings is 1. The standard InChI is InChI=1S/C24H33N3O4.ClH/c1-17(2)31-21-10-6-5-9-20(21)26-15-13-25(14-16-26)12-11-22(28)27-23(29)18-7-3-4-8-19(18)24(27)30;/h5-6,9-10,17-19H,3-4,7-8,11-16H2,1-2H3;1H. The maximum atomic E-state index is 12.7. The number of imide groups is 3. The second-order valence-corrected chi connectivity index (χ2v) is 9.12. The van der Waals surface area contributed by atoms with Crippen LogP contribution in [0.25, 0.3) is 0 Å². The number of para-hydroxylation sites is 2. The van der Waals surface area contributed by atoms with Gasteiger partial charge in [-0.2, -0.15) is 0 Å². The van der Waals surface area contributed by atoms with Crippen LogP contribution in [-0.4, -0.2) is 66.3 Å². The molecule has 2 heterocycles. The first-order valence-corrected chi connectivity index (χ1v) is 11.6. The van der Waals surface area contributed by atoms with Gasteiger partial charge in [0.05, 0.1) is 23.6 Å². The van der Waals surface area contributed by atoms with Crippen LogP contribution in [0.3, 0.4) is 0 Å². The number of amides is 3. The molecule has 8 heteroatoms. The SMILES string of the molecule is CC(C)Oc1ccccc1N1CCN(CCC(=O)N2C(=O)C3CCCCC3C2=O)CC1.Cl. The van der Waals surface area contributed by atoms with Crippen LogP contribution < -0.4 is 9.64 Å². The van der Waals surface area contributed by atoms with E-state index in [4.69, 9.17) is 4.74 Å². The lowest BCUT2D eigenvalue weighted by molar-refractivity contribution is -0.150. The summed E-state index contributed by atoms with van der Waals surface area (Å²) >= 11 is 0. The molecule has 0 spiro atoms. The van der Waals surface area contributed by atoms with Crippen molar-refractivity contribution >= 4 is 35.8 Å². The quantitative estimate of drug-likeness (QED) is 0.604. The number of halogens is 1. The van der Waals surface area contributed by atoms with Gasteiger partial charge in [-0.25, -0.2) is 4.90 Å². The number of likely N-dealkylation sites (tertiary alicyclic amines) is 1. The molecule has 2 aliphatic heterocycles. The van der Waals surface area contributed by atoms with Crippen LogP contribution in [0.4, 0.5) is 5.69 Å². The first-order valence-electron chi connectivity index (χ1n) is 11.6. The zero-order chi connectivity index (χ0) is 22.0. The van der Waals surface area contributed by atoms with E-state index in [1.807, 2.05) is 32.0 Å². The number of fused-ring (bicyclic) bond motifs is 1. The number of anilines is 1. The third-order valence-electron chi connectivity index (χ3n) is 6.67. The summed E-state index contributed by atoms with van der Waals surface area (Å²) in [5.41, 5.74) is 1.10. The first kappa shape index (κ1) is 24.5. The van der Waals surface area contributed by atoms with Gasteiger partial charge in [-0.3, -0.25) is 19.3 Å². The van der Waals surface area contributed by atoms with Gasteiger partial charge in [0.15, 0.2) is 0 Å². The third-order valence-corrected chi connectivity index (χ3v) is 6.67. The van der Waals surface area contributed by atoms with Gasteiger partial charge in [-0.15, -0.1) is 12.4 Å². The van der Waals surface area contributed by atoms with Gasteiger partial charge < -0.3 is 9.64 Å². The Hall–Kier alpha value is -2.12. The summed E-state index contributed by atoms with van der Waals surface area (Å²) in [5.74, 6) is -0.475. The van der Waals surface area contributed by atoms with Crippen molar-refractivity contribution in [2.24, 2.45) is 11.8 Å². The van der Waals surface area contributed by atoms with Gasteiger partial charge in [0.1, 0.15) is 5.75 Å². The molecule has 2 atom stereocenters. The summed E-state index contributed by atoms with van der Waals surface area (Å²) in [6.45, 7) is 7.97. The van der Waals surface area contributed by atoms with Crippen molar-refractivity contribution in [3.63, 3.8) is 0 Å². The molecule has 1 aromatic rings. The Labute approximate surface area is 196 Å². The third kappa shape index (κ3) is 5.09. The number of benzene rings is 1. The molecule has 7 nitrogen and oxygen atoms in total. The van der Waals surface area contributed by atoms with E-state index in [-0.39, 0.29) is 54.5 Å². The minimum absolute atomic E-state index is 0. The monoisotopic (exact) mass is 463 g/mol. The van der Waals surface area contributed by atoms with E-state index in [1.165, 1.54) is 0 Å². The van der Waals surface area contributed by atoms with Crippen LogP contribution in [0.1, 0.15) is 46.0 Å². The van der Waals surface area contributed by atoms with Gasteiger partial charge in [0, 0.05) is 39.1 Å². The average molecular weight is 464 g/mol. The molecule has 1 aromatic carbocycles. The summed E-state index contributed by atoms with van der Waals surface area (Å²) in [4.78, 5) is 43.4. The molecule has 0 radical (unpaired) electrons. The highest BCUT2D eigenvalue weighted by molar-refractivity contribution is 6.17. The minimum atomic E-state index is -0.331. The molecule has 0 N–H and O–H groups in total. The molecule has 0 bridgehead atoms. The average Bonchev–Trinajstić information content (AvgIpc) is 3.03. The molecular formula is C24H34ClN3O4. The Morgan fingerprint density at radius 2 is 1.59 bits per heavy atom. The number of hydrogen-bond acceptors (Lipinski definition) is 6. The first-order chi connectivity index (χ1) is 15.0. The van der Waals surface area contributed by atoms with Crippen molar-refractivity contribution in [3.05, 3.63) is 24.3 Å². The Morgan fingerprint density at radius 1 is 1.00 bits per heavy atom. The molecule has 4 rings (SSSR count). The summed E-state index contributed by atoms with van der Waals surface area (Å²) in [5, 5.41) is 0. The molecule has 2 saturated heterocycles. The number of nitrogens with zero attached hydrogens (tertiary/aromatic N) is 3. The van der Waals surface area contributed by atoms with Crippen LogP contribution in [0.5, 0.6) is 5.75 Å². The van der Waals surface area contributed by atoms with Gasteiger partial charge in [0.25, 0.3) is 0 Å². The van der Waals surface area contributed by atoms with Crippen LogP contribution in [0.15, 0.2) is 24.3 Å². The lowest BCUT2D eigenvalue weighted by atomic mass is 9.81. The normalized spacial score (nSPS) is 23.8. The van der Waals surface area contributed by atoms with Crippen LogP contribution in [0.2, 0.25) is 0 Å². The van der Waals surface area contributed by atoms with Gasteiger partial charge in [0.2, 0.25) is 17.7 Å². The highest BCUT2D eigenvalue weighted by atomic mass is 35.5. The second-order valence-electron chi connectivity index (χ2n) is 9.12. The van der Waals surface area contributed by atoms with E-state index in [1.54, 1.807) is 0 Å². The van der Waals surface area contributed by atoms with E-state index < -0.39 is 0 Å². The number of carbonyl (C=O) groups is 3. The molecule has 32 heavy (non-hydrogen) atoms. The van der Waals surface area contributed by atoms with Gasteiger partial charge in [-0.05, 0) is 38.8 Å². The summed E-state index contributed by atoms with van der Waals surface area (Å²) < 4.78 is 5.95. The fourth-order valence-corrected chi connectivity index (χ4v) is 5.06. The van der Waals surface area contributed by atoms with Gasteiger partial charge in [-0.1, -0.05) is 25.0 Å². The van der Waals surface area contributed by atoms with E-state index in [9.17, 15) is 14.4 Å². The van der Waals surface area contributed by atoms with Crippen molar-refractivity contribution in [2.75, 3.05) is 37.6 Å². The van der Waals surface area contributed by atoms with Crippen LogP contribution in [-0.2, 0) is 14.4 Å². The lowest BCUT2D eigenvalue weighted by Crippen LogP contribution is -2.48. The predicted octanol–water partition coefficient (Wildman–Crippen LogP) is 3.11. The lowest BCUT2D eigenvalue weighted by Gasteiger charge is -2.36. The smallest absolute Gasteiger partial charge is 0.239 e. The predicted molar refractivity (Wildman–Crippen MR) is 125 cm³/mol. The molecule has 176 valence electrons. The van der Waals surface area contributed by atoms with E-state index >= 15 is 0 Å². The Bertz CT molecular complexity index is 814. The fraction of sp³-hybridized carbons (Fsp3) is 0.625. The molecule has 3 fully saturated rings. The Morgan fingerprint density at radius 3 is 2.19 bits per heavy atom. The van der Waals surface area contributed by atoms with Crippen molar-refractivity contribution in [1.82, 2.24) is 9.80 Å². The molecule has 0 aromatic heterocycles. The number of carbonyl (C=O) groups excluding carboxylic acids is 3. The Kier molecular flexibility index (Phi) is 8.17. The molecule has 1 saturated carbocycles. The Balaban J connectivity index is 0.00000289. The van der Waals surface area contributed by atoms with E-state index in [0.29, 0.717) is 6.54 Å². The highest BCUT2D eigenvalue weighted by Gasteiger charge is 2.50. The van der Waals surface area contributed by atoms with Crippen LogP contribution in [0, 0.1) is 11.8 Å². The minimum Gasteiger partial charge on any atom is -0.489 e. The zero-order valence-corrected chi connectivity index (χ0v) is 19.8. The molecule has 2 unspecified atom stereocenters. The largest absolute Gasteiger partial charge is 0.489 e. The topological polar surface area (TPSA) is 70.2 Å². The van der Waals surface area contributed by atoms with E-state index in [2.05, 4.69) is 15.9 Å². The molecule has 3 aliphatic rings. The van der Waals surface area contributed by atoms with Crippen molar-refractivity contribution in [2.45, 2.75) is 52.1 Å². The van der Waals surface area contributed by atoms with Crippen molar-refractivity contribution < 1.29 is 19.1 Å². The number of ether oxygens (including phenoxy) is 1. The maximum absolute atomic E-state index is 12.7. The summed E-state index contributed by atoms with van der Waals surface area (Å²) in [6, 6.07) is 8.10. The molecular weight excluding hydrogens is 430 g/mol. The zero-order valence-electron chi connectivity index (χ0n) is 19.0. The summed E-state index contributed by atoms with van der Waals surface area (Å²) in [7, 11) is 0. The van der Waals surface area contributed by atoms with E-state index in [0.717, 1.165) is 68.2 Å². The molecule has 1 aliphatic carbocycles. The number of rotatable bonds is 6. The fourth-order valence-electron chi connectivity index (χ4n) is 5.06.